The Morgan fingerprint density at radius 3 is 2.36 bits per heavy atom. The molecule has 0 bridgehead atoms. The summed E-state index contributed by atoms with van der Waals surface area (Å²) in [7, 11) is -0.0639. The third-order valence-corrected chi connectivity index (χ3v) is 4.62. The van der Waals surface area contributed by atoms with Crippen molar-refractivity contribution in [1.82, 2.24) is 4.31 Å². The van der Waals surface area contributed by atoms with Crippen LogP contribution < -0.4 is 4.90 Å². The molecule has 0 radical (unpaired) electrons. The van der Waals surface area contributed by atoms with Gasteiger partial charge in [0.05, 0.1) is 6.26 Å². The van der Waals surface area contributed by atoms with E-state index in [1.54, 1.807) is 14.2 Å². The number of carbonyl (C=O) groups is 1. The first kappa shape index (κ1) is 18.6. The minimum atomic E-state index is -3.32. The van der Waals surface area contributed by atoms with Crippen LogP contribution in [0.4, 0.5) is 5.69 Å². The van der Waals surface area contributed by atoms with Crippen molar-refractivity contribution in [1.29, 1.82) is 0 Å². The molecular weight excluding hydrogens is 304 g/mol. The molecule has 0 N–H and O–H groups in total. The molecule has 0 aliphatic carbocycles. The summed E-state index contributed by atoms with van der Waals surface area (Å²) in [6.45, 7) is 1.03. The fraction of sp³-hybridized carbons (Fsp3) is 0.533. The fourth-order valence-electron chi connectivity index (χ4n) is 2.01. The highest BCUT2D eigenvalue weighted by molar-refractivity contribution is 7.88. The number of sulfonamides is 1. The molecule has 0 aliphatic rings. The largest absolute Gasteiger partial charge is 0.385 e. The Bertz CT molecular complexity index is 560. The molecule has 0 fully saturated rings. The van der Waals surface area contributed by atoms with Gasteiger partial charge >= 0.3 is 0 Å². The summed E-state index contributed by atoms with van der Waals surface area (Å²) in [5, 5.41) is 0. The van der Waals surface area contributed by atoms with Gasteiger partial charge in [0, 0.05) is 46.0 Å². The van der Waals surface area contributed by atoms with Gasteiger partial charge in [0.2, 0.25) is 15.9 Å². The molecule has 124 valence electrons. The molecule has 0 aromatic heterocycles. The lowest BCUT2D eigenvalue weighted by molar-refractivity contribution is -0.118. The minimum absolute atomic E-state index is 0.119. The zero-order chi connectivity index (χ0) is 16.6. The Hall–Kier alpha value is -1.44. The molecule has 0 saturated heterocycles. The molecule has 0 atom stereocenters. The number of hydrogen-bond donors (Lipinski definition) is 0. The number of benzene rings is 1. The van der Waals surface area contributed by atoms with E-state index in [1.165, 1.54) is 9.21 Å². The first-order chi connectivity index (χ1) is 10.4. The van der Waals surface area contributed by atoms with Crippen LogP contribution in [0.1, 0.15) is 12.8 Å². The highest BCUT2D eigenvalue weighted by Gasteiger charge is 2.19. The van der Waals surface area contributed by atoms with Gasteiger partial charge in [-0.15, -0.1) is 0 Å². The summed E-state index contributed by atoms with van der Waals surface area (Å²) in [4.78, 5) is 13.7. The molecule has 1 aromatic rings. The van der Waals surface area contributed by atoms with Crippen molar-refractivity contribution in [3.8, 4) is 0 Å². The second-order valence-electron chi connectivity index (χ2n) is 5.05. The van der Waals surface area contributed by atoms with Crippen LogP contribution in [0.25, 0.3) is 0 Å². The van der Waals surface area contributed by atoms with E-state index in [0.29, 0.717) is 19.6 Å². The molecule has 6 nitrogen and oxygen atoms in total. The normalized spacial score (nSPS) is 11.6. The molecule has 0 heterocycles. The number of hydrogen-bond acceptors (Lipinski definition) is 4. The molecule has 0 saturated carbocycles. The summed E-state index contributed by atoms with van der Waals surface area (Å²) < 4.78 is 29.7. The van der Waals surface area contributed by atoms with Gasteiger partial charge in [-0.05, 0) is 18.6 Å². The van der Waals surface area contributed by atoms with E-state index in [9.17, 15) is 13.2 Å². The van der Waals surface area contributed by atoms with Gasteiger partial charge in [0.15, 0.2) is 0 Å². The molecular formula is C15H24N2O4S. The number of para-hydroxylation sites is 1. The SMILES string of the molecule is COCCCN(CCC(=O)N(C)c1ccccc1)S(C)(=O)=O. The van der Waals surface area contributed by atoms with Crippen LogP contribution in [0.3, 0.4) is 0 Å². The van der Waals surface area contributed by atoms with E-state index in [-0.39, 0.29) is 18.9 Å². The molecule has 0 unspecified atom stereocenters. The Balaban J connectivity index is 2.58. The molecule has 7 heteroatoms. The molecule has 22 heavy (non-hydrogen) atoms. The average Bonchev–Trinajstić information content (AvgIpc) is 2.49. The maximum atomic E-state index is 12.2. The number of amides is 1. The predicted molar refractivity (Wildman–Crippen MR) is 87.4 cm³/mol. The zero-order valence-electron chi connectivity index (χ0n) is 13.4. The topological polar surface area (TPSA) is 66.9 Å². The number of anilines is 1. The lowest BCUT2D eigenvalue weighted by Crippen LogP contribution is -2.36. The third-order valence-electron chi connectivity index (χ3n) is 3.32. The Morgan fingerprint density at radius 1 is 1.18 bits per heavy atom. The average molecular weight is 328 g/mol. The number of nitrogens with zero attached hydrogens (tertiary/aromatic N) is 2. The minimum Gasteiger partial charge on any atom is -0.385 e. The zero-order valence-corrected chi connectivity index (χ0v) is 14.2. The smallest absolute Gasteiger partial charge is 0.228 e. The van der Waals surface area contributed by atoms with Crippen LogP contribution >= 0.6 is 0 Å². The Labute approximate surface area is 132 Å². The summed E-state index contributed by atoms with van der Waals surface area (Å²) in [6.07, 6.45) is 1.91. The van der Waals surface area contributed by atoms with E-state index in [1.807, 2.05) is 30.3 Å². The van der Waals surface area contributed by atoms with Crippen molar-refractivity contribution < 1.29 is 17.9 Å². The van der Waals surface area contributed by atoms with Gasteiger partial charge in [-0.25, -0.2) is 12.7 Å². The van der Waals surface area contributed by atoms with E-state index in [4.69, 9.17) is 4.74 Å². The molecule has 1 amide bonds. The van der Waals surface area contributed by atoms with Crippen LogP contribution in [0.15, 0.2) is 30.3 Å². The molecule has 0 aliphatic heterocycles. The Morgan fingerprint density at radius 2 is 1.82 bits per heavy atom. The van der Waals surface area contributed by atoms with Crippen molar-refractivity contribution in [3.63, 3.8) is 0 Å². The van der Waals surface area contributed by atoms with E-state index >= 15 is 0 Å². The summed E-state index contributed by atoms with van der Waals surface area (Å²) in [5.74, 6) is -0.119. The fourth-order valence-corrected chi connectivity index (χ4v) is 2.90. The van der Waals surface area contributed by atoms with Crippen molar-refractivity contribution in [2.24, 2.45) is 0 Å². The molecule has 1 aromatic carbocycles. The number of carbonyl (C=O) groups excluding carboxylic acids is 1. The van der Waals surface area contributed by atoms with Crippen molar-refractivity contribution >= 4 is 21.6 Å². The van der Waals surface area contributed by atoms with Gasteiger partial charge in [-0.3, -0.25) is 4.79 Å². The number of methoxy groups -OCH3 is 1. The van der Waals surface area contributed by atoms with E-state index < -0.39 is 10.0 Å². The lowest BCUT2D eigenvalue weighted by Gasteiger charge is -2.22. The quantitative estimate of drug-likeness (QED) is 0.642. The Kier molecular flexibility index (Phi) is 7.50. The van der Waals surface area contributed by atoms with Crippen LogP contribution in [0.5, 0.6) is 0 Å². The maximum Gasteiger partial charge on any atom is 0.228 e. The number of ether oxygens (including phenoxy) is 1. The van der Waals surface area contributed by atoms with Crippen molar-refractivity contribution in [3.05, 3.63) is 30.3 Å². The number of rotatable bonds is 9. The van der Waals surface area contributed by atoms with Crippen molar-refractivity contribution in [2.45, 2.75) is 12.8 Å². The van der Waals surface area contributed by atoms with Gasteiger partial charge in [0.25, 0.3) is 0 Å². The van der Waals surface area contributed by atoms with Crippen LogP contribution in [-0.4, -0.2) is 58.7 Å². The molecule has 1 rings (SSSR count). The first-order valence-electron chi connectivity index (χ1n) is 7.12. The lowest BCUT2D eigenvalue weighted by atomic mass is 10.2. The summed E-state index contributed by atoms with van der Waals surface area (Å²) in [6, 6.07) is 9.26. The van der Waals surface area contributed by atoms with Crippen molar-refractivity contribution in [2.75, 3.05) is 45.0 Å². The summed E-state index contributed by atoms with van der Waals surface area (Å²) >= 11 is 0. The third kappa shape index (κ3) is 6.13. The second-order valence-corrected chi connectivity index (χ2v) is 7.03. The van der Waals surface area contributed by atoms with Crippen LogP contribution in [0, 0.1) is 0 Å². The van der Waals surface area contributed by atoms with E-state index in [2.05, 4.69) is 0 Å². The standard InChI is InChI=1S/C15H24N2O4S/c1-16(14-8-5-4-6-9-14)15(18)10-12-17(22(3,19)20)11-7-13-21-2/h4-6,8-9H,7,10-13H2,1-3H3. The maximum absolute atomic E-state index is 12.2. The van der Waals surface area contributed by atoms with Crippen LogP contribution in [0.2, 0.25) is 0 Å². The van der Waals surface area contributed by atoms with Gasteiger partial charge in [0.1, 0.15) is 0 Å². The van der Waals surface area contributed by atoms with Gasteiger partial charge in [-0.1, -0.05) is 18.2 Å². The molecule has 0 spiro atoms. The van der Waals surface area contributed by atoms with Gasteiger partial charge in [-0.2, -0.15) is 0 Å². The predicted octanol–water partition coefficient (Wildman–Crippen LogP) is 1.34. The van der Waals surface area contributed by atoms with Crippen LogP contribution in [-0.2, 0) is 19.6 Å². The monoisotopic (exact) mass is 328 g/mol. The van der Waals surface area contributed by atoms with Gasteiger partial charge < -0.3 is 9.64 Å². The summed E-state index contributed by atoms with van der Waals surface area (Å²) in [5.41, 5.74) is 0.790. The highest BCUT2D eigenvalue weighted by Crippen LogP contribution is 2.12. The van der Waals surface area contributed by atoms with E-state index in [0.717, 1.165) is 11.9 Å². The highest BCUT2D eigenvalue weighted by atomic mass is 32.2. The second kappa shape index (κ2) is 8.87. The first-order valence-corrected chi connectivity index (χ1v) is 8.96.